The van der Waals surface area contributed by atoms with Gasteiger partial charge in [0.05, 0.1) is 27.5 Å². The van der Waals surface area contributed by atoms with E-state index in [4.69, 9.17) is 4.99 Å². The van der Waals surface area contributed by atoms with E-state index in [2.05, 4.69) is 10.5 Å². The molecule has 0 unspecified atom stereocenters. The Labute approximate surface area is 200 Å². The lowest BCUT2D eigenvalue weighted by atomic mass is 9.96. The van der Waals surface area contributed by atoms with E-state index in [0.717, 1.165) is 38.2 Å². The number of benzene rings is 2. The number of fused-ring (bicyclic) bond motifs is 1. The third-order valence-corrected chi connectivity index (χ3v) is 7.23. The Morgan fingerprint density at radius 1 is 0.829 bits per heavy atom. The largest absolute Gasteiger partial charge is 0.296 e. The maximum atomic E-state index is 13.7. The lowest BCUT2D eigenvalue weighted by molar-refractivity contribution is 0.437. The fraction of sp³-hybridized carbons (Fsp3) is 0.231. The van der Waals surface area contributed by atoms with Crippen molar-refractivity contribution in [1.82, 2.24) is 0 Å². The van der Waals surface area contributed by atoms with Crippen LogP contribution in [-0.4, -0.2) is 19.0 Å². The van der Waals surface area contributed by atoms with E-state index < -0.39 is 25.9 Å². The molecule has 1 fully saturated rings. The van der Waals surface area contributed by atoms with Crippen molar-refractivity contribution in [2.75, 3.05) is 5.43 Å². The van der Waals surface area contributed by atoms with E-state index in [-0.39, 0.29) is 38.0 Å². The van der Waals surface area contributed by atoms with Gasteiger partial charge in [0, 0.05) is 10.8 Å². The summed E-state index contributed by atoms with van der Waals surface area (Å²) in [5, 5.41) is 4.18. The molecule has 0 aliphatic heterocycles. The van der Waals surface area contributed by atoms with Gasteiger partial charge in [-0.05, 0) is 31.0 Å². The zero-order chi connectivity index (χ0) is 24.6. The minimum absolute atomic E-state index is 0.0142. The molecule has 0 atom stereocenters. The molecule has 2 N–H and O–H groups in total. The minimum atomic E-state index is -4.81. The summed E-state index contributed by atoms with van der Waals surface area (Å²) in [6.45, 7) is 0. The zero-order valence-corrected chi connectivity index (χ0v) is 19.6. The normalized spacial score (nSPS) is 16.3. The maximum absolute atomic E-state index is 13.7. The van der Waals surface area contributed by atoms with Crippen molar-refractivity contribution in [2.45, 2.75) is 43.0 Å². The molecule has 5 rings (SSSR count). The first-order chi connectivity index (χ1) is 16.8. The second-order valence-electron chi connectivity index (χ2n) is 8.68. The third-order valence-electron chi connectivity index (χ3n) is 6.36. The second-order valence-corrected chi connectivity index (χ2v) is 10.1. The van der Waals surface area contributed by atoms with Crippen LogP contribution in [0, 0.1) is 10.4 Å². The van der Waals surface area contributed by atoms with Crippen molar-refractivity contribution in [1.29, 1.82) is 0 Å². The van der Waals surface area contributed by atoms with Crippen LogP contribution in [0.2, 0.25) is 0 Å². The van der Waals surface area contributed by atoms with Crippen molar-refractivity contribution in [3.63, 3.8) is 0 Å². The first kappa shape index (κ1) is 23.1. The number of anilines is 1. The molecule has 0 bridgehead atoms. The van der Waals surface area contributed by atoms with Gasteiger partial charge >= 0.3 is 0 Å². The molecule has 3 aliphatic carbocycles. The van der Waals surface area contributed by atoms with Gasteiger partial charge in [0.15, 0.2) is 10.9 Å². The molecule has 2 aromatic carbocycles. The number of hydrogen-bond acceptors (Lipinski definition) is 7. The molecule has 8 nitrogen and oxygen atoms in total. The molecular formula is C26H23N3O5S. The summed E-state index contributed by atoms with van der Waals surface area (Å²) in [6.07, 6.45) is 4.65. The van der Waals surface area contributed by atoms with E-state index in [0.29, 0.717) is 5.69 Å². The van der Waals surface area contributed by atoms with Crippen LogP contribution in [0.5, 0.6) is 0 Å². The highest BCUT2D eigenvalue weighted by Crippen LogP contribution is 2.19. The van der Waals surface area contributed by atoms with Crippen molar-refractivity contribution in [3.05, 3.63) is 102 Å². The zero-order valence-electron chi connectivity index (χ0n) is 18.8. The minimum Gasteiger partial charge on any atom is -0.288 e. The number of para-hydroxylation sites is 1. The van der Waals surface area contributed by atoms with Crippen molar-refractivity contribution in [3.8, 4) is 0 Å². The number of nitrogens with zero attached hydrogens (tertiary/aromatic N) is 2. The average Bonchev–Trinajstić information content (AvgIpc) is 2.86. The van der Waals surface area contributed by atoms with Gasteiger partial charge in [0.1, 0.15) is 10.3 Å². The number of rotatable bonds is 4. The van der Waals surface area contributed by atoms with E-state index >= 15 is 0 Å². The Morgan fingerprint density at radius 3 is 2.06 bits per heavy atom. The number of nitrogens with one attached hydrogen (secondary N) is 1. The highest BCUT2D eigenvalue weighted by atomic mass is 32.2. The maximum Gasteiger partial charge on any atom is 0.296 e. The molecule has 0 saturated heterocycles. The van der Waals surface area contributed by atoms with Gasteiger partial charge in [-0.3, -0.25) is 24.6 Å². The molecule has 0 spiro atoms. The highest BCUT2D eigenvalue weighted by Gasteiger charge is 2.21. The van der Waals surface area contributed by atoms with Crippen LogP contribution in [-0.2, 0) is 10.1 Å². The lowest BCUT2D eigenvalue weighted by Gasteiger charge is -2.17. The Balaban J connectivity index is 2.00. The Kier molecular flexibility index (Phi) is 6.04. The number of hydrogen-bond donors (Lipinski definition) is 2. The molecule has 178 valence electrons. The van der Waals surface area contributed by atoms with Crippen LogP contribution in [0.4, 0.5) is 5.69 Å². The average molecular weight is 490 g/mol. The van der Waals surface area contributed by atoms with Gasteiger partial charge in [0.25, 0.3) is 10.1 Å². The first-order valence-electron chi connectivity index (χ1n) is 11.4. The van der Waals surface area contributed by atoms with Crippen LogP contribution < -0.4 is 27.0 Å². The molecule has 0 amide bonds. The quantitative estimate of drug-likeness (QED) is 0.335. The lowest BCUT2D eigenvalue weighted by Crippen LogP contribution is -2.34. The Hall–Kier alpha value is -3.69. The first-order valence-corrected chi connectivity index (χ1v) is 12.9. The Bertz CT molecular complexity index is 1820. The molecule has 2 aromatic rings. The van der Waals surface area contributed by atoms with Crippen molar-refractivity contribution >= 4 is 26.6 Å². The standard InChI is InChI=1S/C26H23N3O5S/c30-25-18-13-7-8-14-19(18)26(31)23-22(25)20(27-16-9-3-1-4-10-16)15-21(35(32,33)34)24(23)29-28-17-11-5-2-6-12-17/h2,5-8,11-16,28H,1,3-4,9-10H2,(H,32,33,34)/b27-20?,29-24+. The highest BCUT2D eigenvalue weighted by molar-refractivity contribution is 7.85. The topological polar surface area (TPSA) is 125 Å². The SMILES string of the molecule is O=c1c2c(=NC3CCCCC3)cc(S(=O)(=O)O)/c(=N\Nc3ccccc3)c=2c(=O)c2ccccc12. The summed E-state index contributed by atoms with van der Waals surface area (Å²) in [5.41, 5.74) is 2.30. The van der Waals surface area contributed by atoms with Gasteiger partial charge in [-0.25, -0.2) is 0 Å². The summed E-state index contributed by atoms with van der Waals surface area (Å²) in [6, 6.07) is 16.2. The summed E-state index contributed by atoms with van der Waals surface area (Å²) in [7, 11) is -4.81. The summed E-state index contributed by atoms with van der Waals surface area (Å²) < 4.78 is 35.0. The van der Waals surface area contributed by atoms with Crippen LogP contribution in [0.1, 0.15) is 32.1 Å². The monoisotopic (exact) mass is 489 g/mol. The van der Waals surface area contributed by atoms with E-state index in [1.54, 1.807) is 48.5 Å². The summed E-state index contributed by atoms with van der Waals surface area (Å²) in [4.78, 5) is 31.4. The van der Waals surface area contributed by atoms with Crippen LogP contribution in [0.25, 0.3) is 10.8 Å². The second kappa shape index (κ2) is 9.16. The van der Waals surface area contributed by atoms with Crippen LogP contribution in [0.3, 0.4) is 0 Å². The molecule has 3 aliphatic rings. The fourth-order valence-corrected chi connectivity index (χ4v) is 5.34. The van der Waals surface area contributed by atoms with Crippen molar-refractivity contribution < 1.29 is 13.0 Å². The van der Waals surface area contributed by atoms with E-state index in [9.17, 15) is 22.6 Å². The van der Waals surface area contributed by atoms with Gasteiger partial charge in [0.2, 0.25) is 0 Å². The van der Waals surface area contributed by atoms with Gasteiger partial charge in [-0.2, -0.15) is 13.5 Å². The molecular weight excluding hydrogens is 466 g/mol. The van der Waals surface area contributed by atoms with Crippen LogP contribution in [0.15, 0.2) is 85.2 Å². The molecule has 35 heavy (non-hydrogen) atoms. The van der Waals surface area contributed by atoms with E-state index in [1.165, 1.54) is 6.07 Å². The van der Waals surface area contributed by atoms with Gasteiger partial charge < -0.3 is 0 Å². The molecule has 1 saturated carbocycles. The predicted octanol–water partition coefficient (Wildman–Crippen LogP) is 2.57. The smallest absolute Gasteiger partial charge is 0.288 e. The van der Waals surface area contributed by atoms with Gasteiger partial charge in [-0.1, -0.05) is 61.7 Å². The fourth-order valence-electron chi connectivity index (χ4n) is 4.68. The van der Waals surface area contributed by atoms with Gasteiger partial charge in [-0.15, -0.1) is 0 Å². The summed E-state index contributed by atoms with van der Waals surface area (Å²) >= 11 is 0. The Morgan fingerprint density at radius 2 is 1.43 bits per heavy atom. The molecule has 0 aromatic heterocycles. The van der Waals surface area contributed by atoms with Crippen LogP contribution >= 0.6 is 0 Å². The molecule has 9 heteroatoms. The summed E-state index contributed by atoms with van der Waals surface area (Å²) in [5.74, 6) is 0. The van der Waals surface area contributed by atoms with E-state index in [1.807, 2.05) is 0 Å². The molecule has 0 heterocycles. The third kappa shape index (κ3) is 4.40. The predicted molar refractivity (Wildman–Crippen MR) is 132 cm³/mol. The molecule has 0 radical (unpaired) electrons. The van der Waals surface area contributed by atoms with Crippen molar-refractivity contribution in [2.24, 2.45) is 10.1 Å².